The van der Waals surface area contributed by atoms with Gasteiger partial charge in [-0.15, -0.1) is 0 Å². The summed E-state index contributed by atoms with van der Waals surface area (Å²) < 4.78 is 0. The fourth-order valence-electron chi connectivity index (χ4n) is 1.51. The lowest BCUT2D eigenvalue weighted by Gasteiger charge is -2.23. The highest BCUT2D eigenvalue weighted by atomic mass is 14.6. The van der Waals surface area contributed by atoms with E-state index in [4.69, 9.17) is 5.73 Å². The lowest BCUT2D eigenvalue weighted by molar-refractivity contribution is 0.518. The van der Waals surface area contributed by atoms with E-state index in [9.17, 15) is 0 Å². The van der Waals surface area contributed by atoms with Crippen LogP contribution >= 0.6 is 0 Å². The van der Waals surface area contributed by atoms with Crippen LogP contribution in [0.1, 0.15) is 33.1 Å². The monoisotopic (exact) mass is 151 g/mol. The van der Waals surface area contributed by atoms with Crippen LogP contribution in [0.4, 0.5) is 0 Å². The van der Waals surface area contributed by atoms with E-state index in [1.807, 2.05) is 0 Å². The quantitative estimate of drug-likeness (QED) is 0.573. The molecule has 0 heterocycles. The molecular formula is C10H17N. The summed E-state index contributed by atoms with van der Waals surface area (Å²) in [5, 5.41) is 0. The first kappa shape index (κ1) is 8.38. The first-order valence-electron chi connectivity index (χ1n) is 4.20. The molecule has 0 amide bonds. The van der Waals surface area contributed by atoms with Gasteiger partial charge >= 0.3 is 0 Å². The van der Waals surface area contributed by atoms with E-state index >= 15 is 0 Å². The zero-order chi connectivity index (χ0) is 8.43. The van der Waals surface area contributed by atoms with Gasteiger partial charge < -0.3 is 5.73 Å². The Morgan fingerprint density at radius 2 is 2.27 bits per heavy atom. The largest absolute Gasteiger partial charge is 0.402 e. The van der Waals surface area contributed by atoms with Crippen molar-refractivity contribution in [1.29, 1.82) is 0 Å². The molecule has 0 aliphatic heterocycles. The van der Waals surface area contributed by atoms with Crippen molar-refractivity contribution < 1.29 is 0 Å². The van der Waals surface area contributed by atoms with Gasteiger partial charge in [0.05, 0.1) is 0 Å². The molecule has 1 aliphatic rings. The number of nitrogens with two attached hydrogens (primary N) is 1. The van der Waals surface area contributed by atoms with Crippen molar-refractivity contribution in [3.8, 4) is 0 Å². The van der Waals surface area contributed by atoms with E-state index < -0.39 is 0 Å². The van der Waals surface area contributed by atoms with Crippen LogP contribution in [0.15, 0.2) is 23.4 Å². The van der Waals surface area contributed by atoms with Crippen molar-refractivity contribution in [1.82, 2.24) is 0 Å². The molecule has 0 aromatic carbocycles. The predicted molar refractivity (Wildman–Crippen MR) is 49.0 cm³/mol. The molecule has 1 aliphatic carbocycles. The van der Waals surface area contributed by atoms with Crippen molar-refractivity contribution in [2.75, 3.05) is 0 Å². The molecule has 1 heteroatoms. The molecule has 0 fully saturated rings. The van der Waals surface area contributed by atoms with Crippen molar-refractivity contribution in [3.63, 3.8) is 0 Å². The minimum absolute atomic E-state index is 0.638. The van der Waals surface area contributed by atoms with E-state index in [0.717, 1.165) is 18.5 Å². The van der Waals surface area contributed by atoms with Crippen molar-refractivity contribution >= 4 is 0 Å². The van der Waals surface area contributed by atoms with Gasteiger partial charge in [0.1, 0.15) is 0 Å². The second kappa shape index (κ2) is 3.12. The van der Waals surface area contributed by atoms with Crippen LogP contribution < -0.4 is 5.73 Å². The standard InChI is InChI=1S/C10H17N/c1-7(2)9-5-4-8(3)10(11)6-9/h9H,1,4-6,11H2,2-3H3/t9-/m1/s1. The van der Waals surface area contributed by atoms with Crippen LogP contribution in [0, 0.1) is 5.92 Å². The summed E-state index contributed by atoms with van der Waals surface area (Å²) in [6, 6.07) is 0. The molecule has 0 saturated heterocycles. The van der Waals surface area contributed by atoms with Gasteiger partial charge in [-0.1, -0.05) is 17.7 Å². The predicted octanol–water partition coefficient (Wildman–Crippen LogP) is 2.60. The van der Waals surface area contributed by atoms with Crippen LogP contribution in [0.3, 0.4) is 0 Å². The van der Waals surface area contributed by atoms with Gasteiger partial charge in [0, 0.05) is 5.70 Å². The van der Waals surface area contributed by atoms with Gasteiger partial charge in [-0.3, -0.25) is 0 Å². The fourth-order valence-corrected chi connectivity index (χ4v) is 1.51. The Hall–Kier alpha value is -0.720. The minimum Gasteiger partial charge on any atom is -0.402 e. The second-order valence-electron chi connectivity index (χ2n) is 3.59. The molecule has 62 valence electrons. The summed E-state index contributed by atoms with van der Waals surface area (Å²) in [4.78, 5) is 0. The van der Waals surface area contributed by atoms with E-state index in [2.05, 4.69) is 20.4 Å². The zero-order valence-electron chi connectivity index (χ0n) is 7.48. The minimum atomic E-state index is 0.638. The maximum Gasteiger partial charge on any atom is 0.00755 e. The molecule has 0 unspecified atom stereocenters. The molecule has 0 aromatic rings. The first-order valence-corrected chi connectivity index (χ1v) is 4.20. The lowest BCUT2D eigenvalue weighted by atomic mass is 9.84. The number of hydrogen-bond acceptors (Lipinski definition) is 1. The molecule has 0 saturated carbocycles. The molecule has 1 rings (SSSR count). The third-order valence-corrected chi connectivity index (χ3v) is 2.58. The topological polar surface area (TPSA) is 26.0 Å². The summed E-state index contributed by atoms with van der Waals surface area (Å²) in [6.45, 7) is 8.18. The molecule has 0 radical (unpaired) electrons. The average Bonchev–Trinajstić information content (AvgIpc) is 1.94. The molecule has 0 bridgehead atoms. The van der Waals surface area contributed by atoms with Crippen molar-refractivity contribution in [3.05, 3.63) is 23.4 Å². The van der Waals surface area contributed by atoms with Gasteiger partial charge in [0.2, 0.25) is 0 Å². The van der Waals surface area contributed by atoms with Gasteiger partial charge in [-0.05, 0) is 39.0 Å². The summed E-state index contributed by atoms with van der Waals surface area (Å²) >= 11 is 0. The van der Waals surface area contributed by atoms with E-state index in [0.29, 0.717) is 5.92 Å². The van der Waals surface area contributed by atoms with Crippen LogP contribution in [0.2, 0.25) is 0 Å². The van der Waals surface area contributed by atoms with Gasteiger partial charge in [0.25, 0.3) is 0 Å². The first-order chi connectivity index (χ1) is 5.11. The highest BCUT2D eigenvalue weighted by Gasteiger charge is 2.16. The molecule has 1 nitrogen and oxygen atoms in total. The van der Waals surface area contributed by atoms with Gasteiger partial charge in [-0.25, -0.2) is 0 Å². The van der Waals surface area contributed by atoms with Crippen LogP contribution in [0.5, 0.6) is 0 Å². The van der Waals surface area contributed by atoms with Crippen LogP contribution in [-0.4, -0.2) is 0 Å². The molecule has 0 spiro atoms. The van der Waals surface area contributed by atoms with Crippen LogP contribution in [-0.2, 0) is 0 Å². The van der Waals surface area contributed by atoms with E-state index in [-0.39, 0.29) is 0 Å². The molecule has 11 heavy (non-hydrogen) atoms. The normalized spacial score (nSPS) is 25.5. The average molecular weight is 151 g/mol. The maximum atomic E-state index is 5.84. The van der Waals surface area contributed by atoms with Crippen molar-refractivity contribution in [2.24, 2.45) is 11.7 Å². The Morgan fingerprint density at radius 3 is 2.73 bits per heavy atom. The Kier molecular flexibility index (Phi) is 2.38. The molecular weight excluding hydrogens is 134 g/mol. The Labute approximate surface area is 69.0 Å². The summed E-state index contributed by atoms with van der Waals surface area (Å²) in [5.41, 5.74) is 9.59. The number of rotatable bonds is 1. The molecule has 2 N–H and O–H groups in total. The molecule has 0 aromatic heterocycles. The Balaban J connectivity index is 2.64. The summed E-state index contributed by atoms with van der Waals surface area (Å²) in [5.74, 6) is 0.638. The second-order valence-corrected chi connectivity index (χ2v) is 3.59. The maximum absolute atomic E-state index is 5.84. The third-order valence-electron chi connectivity index (χ3n) is 2.58. The Bertz CT molecular complexity index is 201. The summed E-state index contributed by atoms with van der Waals surface area (Å²) in [7, 11) is 0. The highest BCUT2D eigenvalue weighted by Crippen LogP contribution is 2.30. The summed E-state index contributed by atoms with van der Waals surface area (Å²) in [6.07, 6.45) is 3.42. The van der Waals surface area contributed by atoms with Crippen molar-refractivity contribution in [2.45, 2.75) is 33.1 Å². The van der Waals surface area contributed by atoms with Crippen LogP contribution in [0.25, 0.3) is 0 Å². The lowest BCUT2D eigenvalue weighted by Crippen LogP contribution is -2.15. The van der Waals surface area contributed by atoms with E-state index in [1.165, 1.54) is 17.6 Å². The van der Waals surface area contributed by atoms with Gasteiger partial charge in [0.15, 0.2) is 0 Å². The third kappa shape index (κ3) is 1.86. The number of allylic oxidation sites excluding steroid dienone is 3. The number of hydrogen-bond donors (Lipinski definition) is 1. The smallest absolute Gasteiger partial charge is 0.00755 e. The van der Waals surface area contributed by atoms with E-state index in [1.54, 1.807) is 0 Å². The Morgan fingerprint density at radius 1 is 1.64 bits per heavy atom. The molecule has 1 atom stereocenters. The SMILES string of the molecule is C=C(C)[C@@H]1CCC(C)=C(N)C1. The zero-order valence-corrected chi connectivity index (χ0v) is 7.48. The van der Waals surface area contributed by atoms with Gasteiger partial charge in [-0.2, -0.15) is 0 Å². The highest BCUT2D eigenvalue weighted by molar-refractivity contribution is 5.16. The fraction of sp³-hybridized carbons (Fsp3) is 0.600.